The number of nitrogens with zero attached hydrogens (tertiary/aromatic N) is 3. The smallest absolute Gasteiger partial charge is 0.132 e. The highest BCUT2D eigenvalue weighted by atomic mass is 15.2. The van der Waals surface area contributed by atoms with Crippen LogP contribution in [0.5, 0.6) is 0 Å². The van der Waals surface area contributed by atoms with Crippen molar-refractivity contribution in [2.24, 2.45) is 11.7 Å². The van der Waals surface area contributed by atoms with Crippen LogP contribution >= 0.6 is 0 Å². The lowest BCUT2D eigenvalue weighted by Gasteiger charge is -2.19. The van der Waals surface area contributed by atoms with Crippen LogP contribution in [0.1, 0.15) is 12.5 Å². The van der Waals surface area contributed by atoms with Gasteiger partial charge in [0.2, 0.25) is 0 Å². The predicted molar refractivity (Wildman–Crippen MR) is 91.2 cm³/mol. The van der Waals surface area contributed by atoms with Crippen molar-refractivity contribution in [3.8, 4) is 0 Å². The second-order valence-corrected chi connectivity index (χ2v) is 6.25. The Morgan fingerprint density at radius 3 is 2.55 bits per heavy atom. The van der Waals surface area contributed by atoms with Crippen LogP contribution in [0.4, 0.5) is 11.5 Å². The summed E-state index contributed by atoms with van der Waals surface area (Å²) in [7, 11) is 2.04. The first-order chi connectivity index (χ1) is 10.6. The molecule has 1 aliphatic rings. The molecular formula is C18H24N4. The third-order valence-corrected chi connectivity index (χ3v) is 4.45. The van der Waals surface area contributed by atoms with Crippen molar-refractivity contribution in [1.29, 1.82) is 0 Å². The van der Waals surface area contributed by atoms with Crippen LogP contribution in [0.2, 0.25) is 0 Å². The average molecular weight is 296 g/mol. The van der Waals surface area contributed by atoms with Crippen LogP contribution in [0, 0.1) is 5.92 Å². The van der Waals surface area contributed by atoms with Gasteiger partial charge in [-0.25, -0.2) is 4.98 Å². The molecular weight excluding hydrogens is 272 g/mol. The van der Waals surface area contributed by atoms with E-state index in [-0.39, 0.29) is 0 Å². The number of nitrogens with two attached hydrogens (primary N) is 1. The van der Waals surface area contributed by atoms with Gasteiger partial charge < -0.3 is 10.6 Å². The molecule has 0 radical (unpaired) electrons. The van der Waals surface area contributed by atoms with Crippen molar-refractivity contribution in [1.82, 2.24) is 9.88 Å². The highest BCUT2D eigenvalue weighted by Gasteiger charge is 2.26. The Kier molecular flexibility index (Phi) is 4.41. The number of benzene rings is 1. The molecule has 2 atom stereocenters. The van der Waals surface area contributed by atoms with Crippen molar-refractivity contribution >= 4 is 11.5 Å². The average Bonchev–Trinajstić information content (AvgIpc) is 2.86. The SMILES string of the molecule is CC1CN(Cc2ccc(N(C)c3ccccc3)nc2)CC1N. The second kappa shape index (κ2) is 6.46. The van der Waals surface area contributed by atoms with Crippen LogP contribution in [-0.4, -0.2) is 36.1 Å². The van der Waals surface area contributed by atoms with Gasteiger partial charge in [-0.2, -0.15) is 0 Å². The summed E-state index contributed by atoms with van der Waals surface area (Å²) < 4.78 is 0. The van der Waals surface area contributed by atoms with Crippen LogP contribution in [0.3, 0.4) is 0 Å². The normalized spacial score (nSPS) is 22.0. The summed E-state index contributed by atoms with van der Waals surface area (Å²) in [6.07, 6.45) is 1.98. The zero-order chi connectivity index (χ0) is 15.5. The number of likely N-dealkylation sites (tertiary alicyclic amines) is 1. The zero-order valence-electron chi connectivity index (χ0n) is 13.3. The maximum atomic E-state index is 6.09. The maximum absolute atomic E-state index is 6.09. The van der Waals surface area contributed by atoms with Crippen LogP contribution in [0.15, 0.2) is 48.7 Å². The minimum atomic E-state index is 0.302. The minimum absolute atomic E-state index is 0.302. The van der Waals surface area contributed by atoms with Gasteiger partial charge in [-0.3, -0.25) is 4.90 Å². The largest absolute Gasteiger partial charge is 0.329 e. The van der Waals surface area contributed by atoms with Gasteiger partial charge in [-0.15, -0.1) is 0 Å². The maximum Gasteiger partial charge on any atom is 0.132 e. The zero-order valence-corrected chi connectivity index (χ0v) is 13.3. The monoisotopic (exact) mass is 296 g/mol. The highest BCUT2D eigenvalue weighted by molar-refractivity contribution is 5.58. The van der Waals surface area contributed by atoms with E-state index in [1.807, 2.05) is 31.4 Å². The molecule has 4 nitrogen and oxygen atoms in total. The molecule has 0 aliphatic carbocycles. The fraction of sp³-hybridized carbons (Fsp3) is 0.389. The quantitative estimate of drug-likeness (QED) is 0.942. The lowest BCUT2D eigenvalue weighted by molar-refractivity contribution is 0.318. The fourth-order valence-corrected chi connectivity index (χ4v) is 2.98. The van der Waals surface area contributed by atoms with E-state index in [0.717, 1.165) is 31.1 Å². The molecule has 2 unspecified atom stereocenters. The molecule has 1 aromatic carbocycles. The molecule has 1 aliphatic heterocycles. The van der Waals surface area contributed by atoms with Gasteiger partial charge in [-0.05, 0) is 29.7 Å². The Hall–Kier alpha value is -1.91. The second-order valence-electron chi connectivity index (χ2n) is 6.25. The molecule has 22 heavy (non-hydrogen) atoms. The number of anilines is 2. The van der Waals surface area contributed by atoms with Gasteiger partial charge in [-0.1, -0.05) is 31.2 Å². The Morgan fingerprint density at radius 1 is 1.18 bits per heavy atom. The van der Waals surface area contributed by atoms with Gasteiger partial charge in [0.05, 0.1) is 0 Å². The van der Waals surface area contributed by atoms with E-state index in [2.05, 4.69) is 46.0 Å². The molecule has 1 saturated heterocycles. The van der Waals surface area contributed by atoms with Crippen LogP contribution in [-0.2, 0) is 6.54 Å². The number of hydrogen-bond donors (Lipinski definition) is 1. The number of para-hydroxylation sites is 1. The molecule has 2 aromatic rings. The van der Waals surface area contributed by atoms with Crippen molar-refractivity contribution < 1.29 is 0 Å². The van der Waals surface area contributed by atoms with Crippen LogP contribution in [0.25, 0.3) is 0 Å². The summed E-state index contributed by atoms with van der Waals surface area (Å²) in [4.78, 5) is 9.11. The van der Waals surface area contributed by atoms with Gasteiger partial charge in [0.1, 0.15) is 5.82 Å². The molecule has 2 N–H and O–H groups in total. The number of hydrogen-bond acceptors (Lipinski definition) is 4. The Morgan fingerprint density at radius 2 is 1.95 bits per heavy atom. The number of pyridine rings is 1. The topological polar surface area (TPSA) is 45.4 Å². The molecule has 0 bridgehead atoms. The standard InChI is InChI=1S/C18H24N4/c1-14-11-22(13-17(14)19)12-15-8-9-18(20-10-15)21(2)16-6-4-3-5-7-16/h3-10,14,17H,11-13,19H2,1-2H3. The van der Waals surface area contributed by atoms with Crippen molar-refractivity contribution in [2.75, 3.05) is 25.0 Å². The third kappa shape index (κ3) is 3.29. The van der Waals surface area contributed by atoms with Gasteiger partial charge in [0, 0.05) is 44.6 Å². The van der Waals surface area contributed by atoms with E-state index in [9.17, 15) is 0 Å². The Labute approximate surface area is 132 Å². The van der Waals surface area contributed by atoms with Crippen molar-refractivity contribution in [3.63, 3.8) is 0 Å². The van der Waals surface area contributed by atoms with Gasteiger partial charge in [0.15, 0.2) is 0 Å². The van der Waals surface area contributed by atoms with Crippen molar-refractivity contribution in [2.45, 2.75) is 19.5 Å². The van der Waals surface area contributed by atoms with E-state index < -0.39 is 0 Å². The first-order valence-electron chi connectivity index (χ1n) is 7.85. The summed E-state index contributed by atoms with van der Waals surface area (Å²) in [5, 5.41) is 0. The number of rotatable bonds is 4. The lowest BCUT2D eigenvalue weighted by Crippen LogP contribution is -2.28. The first kappa shape index (κ1) is 15.0. The van der Waals surface area contributed by atoms with Gasteiger partial charge >= 0.3 is 0 Å². The summed E-state index contributed by atoms with van der Waals surface area (Å²) in [6, 6.07) is 14.8. The third-order valence-electron chi connectivity index (χ3n) is 4.45. The van der Waals surface area contributed by atoms with E-state index in [4.69, 9.17) is 5.73 Å². The molecule has 116 valence electrons. The molecule has 1 aromatic heterocycles. The first-order valence-corrected chi connectivity index (χ1v) is 7.85. The summed E-state index contributed by atoms with van der Waals surface area (Å²) in [6.45, 7) is 5.21. The number of aromatic nitrogens is 1. The molecule has 0 amide bonds. The van der Waals surface area contributed by atoms with E-state index in [1.54, 1.807) is 0 Å². The molecule has 4 heteroatoms. The summed E-state index contributed by atoms with van der Waals surface area (Å²) in [5.41, 5.74) is 8.47. The predicted octanol–water partition coefficient (Wildman–Crippen LogP) is 2.63. The lowest BCUT2D eigenvalue weighted by atomic mass is 10.1. The molecule has 0 spiro atoms. The Balaban J connectivity index is 1.66. The molecule has 2 heterocycles. The van der Waals surface area contributed by atoms with E-state index in [1.165, 1.54) is 5.56 Å². The summed E-state index contributed by atoms with van der Waals surface area (Å²) in [5.74, 6) is 1.54. The van der Waals surface area contributed by atoms with E-state index in [0.29, 0.717) is 12.0 Å². The molecule has 3 rings (SSSR count). The summed E-state index contributed by atoms with van der Waals surface area (Å²) >= 11 is 0. The molecule has 1 fully saturated rings. The Bertz CT molecular complexity index is 586. The van der Waals surface area contributed by atoms with Gasteiger partial charge in [0.25, 0.3) is 0 Å². The van der Waals surface area contributed by atoms with E-state index >= 15 is 0 Å². The van der Waals surface area contributed by atoms with Crippen molar-refractivity contribution in [3.05, 3.63) is 54.2 Å². The highest BCUT2D eigenvalue weighted by Crippen LogP contribution is 2.22. The van der Waals surface area contributed by atoms with Crippen LogP contribution < -0.4 is 10.6 Å². The molecule has 0 saturated carbocycles. The fourth-order valence-electron chi connectivity index (χ4n) is 2.98. The minimum Gasteiger partial charge on any atom is -0.329 e.